The molecule has 3 rings (SSSR count). The van der Waals surface area contributed by atoms with Crippen LogP contribution in [0.25, 0.3) is 0 Å². The van der Waals surface area contributed by atoms with Gasteiger partial charge in [-0.1, -0.05) is 6.07 Å². The summed E-state index contributed by atoms with van der Waals surface area (Å²) in [5.41, 5.74) is 2.65. The van der Waals surface area contributed by atoms with Crippen molar-refractivity contribution >= 4 is 23.2 Å². The Kier molecular flexibility index (Phi) is 3.31. The molecule has 0 saturated heterocycles. The molecule has 0 saturated carbocycles. The molecule has 5 nitrogen and oxygen atoms in total. The summed E-state index contributed by atoms with van der Waals surface area (Å²) in [5.74, 6) is 0.409. The van der Waals surface area contributed by atoms with Gasteiger partial charge in [-0.3, -0.25) is 9.59 Å². The lowest BCUT2D eigenvalue weighted by Crippen LogP contribution is -2.14. The number of methoxy groups -OCH3 is 1. The number of benzene rings is 2. The maximum Gasteiger partial charge on any atom is 0.256 e. The van der Waals surface area contributed by atoms with Crippen molar-refractivity contribution in [2.24, 2.45) is 0 Å². The van der Waals surface area contributed by atoms with Crippen LogP contribution in [0.3, 0.4) is 0 Å². The Bertz CT molecular complexity index is 708. The van der Waals surface area contributed by atoms with E-state index in [1.54, 1.807) is 49.6 Å². The molecule has 0 fully saturated rings. The highest BCUT2D eigenvalue weighted by molar-refractivity contribution is 6.10. The number of carbonyl (C=O) groups is 2. The molecule has 1 heterocycles. The van der Waals surface area contributed by atoms with E-state index in [0.29, 0.717) is 16.9 Å². The van der Waals surface area contributed by atoms with Gasteiger partial charge in [-0.2, -0.15) is 0 Å². The van der Waals surface area contributed by atoms with Crippen LogP contribution in [0.5, 0.6) is 5.75 Å². The SMILES string of the molecule is COc1ccc(NC(=O)c2cccc3c2CC(=O)N3)cc1. The minimum atomic E-state index is -0.228. The molecule has 2 N–H and O–H groups in total. The predicted octanol–water partition coefficient (Wildman–Crippen LogP) is 2.44. The minimum absolute atomic E-state index is 0.0882. The van der Waals surface area contributed by atoms with E-state index in [9.17, 15) is 9.59 Å². The van der Waals surface area contributed by atoms with Crippen molar-refractivity contribution in [3.63, 3.8) is 0 Å². The third kappa shape index (κ3) is 2.58. The number of nitrogens with one attached hydrogen (secondary N) is 2. The van der Waals surface area contributed by atoms with Gasteiger partial charge in [0.25, 0.3) is 5.91 Å². The van der Waals surface area contributed by atoms with Gasteiger partial charge in [-0.15, -0.1) is 0 Å². The molecule has 0 aromatic heterocycles. The first-order chi connectivity index (χ1) is 10.2. The fraction of sp³-hybridized carbons (Fsp3) is 0.125. The Labute approximate surface area is 121 Å². The zero-order valence-corrected chi connectivity index (χ0v) is 11.5. The number of fused-ring (bicyclic) bond motifs is 1. The lowest BCUT2D eigenvalue weighted by molar-refractivity contribution is -0.115. The normalized spacial score (nSPS) is 12.5. The van der Waals surface area contributed by atoms with E-state index in [2.05, 4.69) is 10.6 Å². The average molecular weight is 282 g/mol. The quantitative estimate of drug-likeness (QED) is 0.908. The summed E-state index contributed by atoms with van der Waals surface area (Å²) in [6.45, 7) is 0. The first-order valence-corrected chi connectivity index (χ1v) is 6.54. The van der Waals surface area contributed by atoms with E-state index in [1.165, 1.54) is 0 Å². The summed E-state index contributed by atoms with van der Waals surface area (Å²) < 4.78 is 5.07. The largest absolute Gasteiger partial charge is 0.497 e. The molecule has 2 amide bonds. The molecule has 21 heavy (non-hydrogen) atoms. The number of hydrogen-bond acceptors (Lipinski definition) is 3. The van der Waals surface area contributed by atoms with Crippen molar-refractivity contribution in [1.82, 2.24) is 0 Å². The number of carbonyl (C=O) groups excluding carboxylic acids is 2. The van der Waals surface area contributed by atoms with E-state index in [1.807, 2.05) is 0 Å². The van der Waals surface area contributed by atoms with Crippen molar-refractivity contribution in [3.8, 4) is 5.75 Å². The Morgan fingerprint density at radius 1 is 1.19 bits per heavy atom. The van der Waals surface area contributed by atoms with Crippen LogP contribution in [0, 0.1) is 0 Å². The summed E-state index contributed by atoms with van der Waals surface area (Å²) in [7, 11) is 1.59. The number of rotatable bonds is 3. The number of amides is 2. The van der Waals surface area contributed by atoms with Crippen LogP contribution < -0.4 is 15.4 Å². The van der Waals surface area contributed by atoms with Crippen molar-refractivity contribution in [3.05, 3.63) is 53.6 Å². The van der Waals surface area contributed by atoms with Crippen LogP contribution in [0.4, 0.5) is 11.4 Å². The van der Waals surface area contributed by atoms with Crippen LogP contribution in [0.1, 0.15) is 15.9 Å². The highest BCUT2D eigenvalue weighted by atomic mass is 16.5. The fourth-order valence-electron chi connectivity index (χ4n) is 2.33. The molecule has 5 heteroatoms. The van der Waals surface area contributed by atoms with Crippen LogP contribution in [0.15, 0.2) is 42.5 Å². The summed E-state index contributed by atoms with van der Waals surface area (Å²) in [4.78, 5) is 23.8. The Morgan fingerprint density at radius 3 is 2.67 bits per heavy atom. The van der Waals surface area contributed by atoms with Crippen LogP contribution in [-0.4, -0.2) is 18.9 Å². The van der Waals surface area contributed by atoms with Crippen LogP contribution in [-0.2, 0) is 11.2 Å². The van der Waals surface area contributed by atoms with Crippen molar-refractivity contribution in [2.75, 3.05) is 17.7 Å². The van der Waals surface area contributed by atoms with E-state index >= 15 is 0 Å². The first-order valence-electron chi connectivity index (χ1n) is 6.54. The third-order valence-electron chi connectivity index (χ3n) is 3.38. The fourth-order valence-corrected chi connectivity index (χ4v) is 2.33. The van der Waals surface area contributed by atoms with E-state index in [0.717, 1.165) is 11.3 Å². The second-order valence-electron chi connectivity index (χ2n) is 4.74. The number of anilines is 2. The maximum atomic E-state index is 12.4. The van der Waals surface area contributed by atoms with Gasteiger partial charge in [0.05, 0.1) is 13.5 Å². The third-order valence-corrected chi connectivity index (χ3v) is 3.38. The second kappa shape index (κ2) is 5.28. The van der Waals surface area contributed by atoms with E-state index in [-0.39, 0.29) is 18.2 Å². The summed E-state index contributed by atoms with van der Waals surface area (Å²) in [6, 6.07) is 12.4. The highest BCUT2D eigenvalue weighted by Crippen LogP contribution is 2.27. The predicted molar refractivity (Wildman–Crippen MR) is 79.7 cm³/mol. The van der Waals surface area contributed by atoms with Crippen LogP contribution in [0.2, 0.25) is 0 Å². The first kappa shape index (κ1) is 13.2. The van der Waals surface area contributed by atoms with Gasteiger partial charge in [0, 0.05) is 16.9 Å². The molecular weight excluding hydrogens is 268 g/mol. The highest BCUT2D eigenvalue weighted by Gasteiger charge is 2.23. The van der Waals surface area contributed by atoms with Crippen molar-refractivity contribution < 1.29 is 14.3 Å². The monoisotopic (exact) mass is 282 g/mol. The summed E-state index contributed by atoms with van der Waals surface area (Å²) in [5, 5.41) is 5.56. The molecule has 2 aromatic carbocycles. The van der Waals surface area contributed by atoms with E-state index in [4.69, 9.17) is 4.74 Å². The smallest absolute Gasteiger partial charge is 0.256 e. The zero-order valence-electron chi connectivity index (χ0n) is 11.5. The molecule has 0 aliphatic carbocycles. The van der Waals surface area contributed by atoms with Gasteiger partial charge in [0.2, 0.25) is 5.91 Å². The molecule has 0 unspecified atom stereocenters. The Morgan fingerprint density at radius 2 is 1.95 bits per heavy atom. The van der Waals surface area contributed by atoms with Crippen molar-refractivity contribution in [1.29, 1.82) is 0 Å². The molecule has 106 valence electrons. The van der Waals surface area contributed by atoms with Gasteiger partial charge in [0.1, 0.15) is 5.75 Å². The molecule has 0 atom stereocenters. The van der Waals surface area contributed by atoms with E-state index < -0.39 is 0 Å². The molecular formula is C16H14N2O3. The maximum absolute atomic E-state index is 12.4. The molecule has 0 radical (unpaired) electrons. The second-order valence-corrected chi connectivity index (χ2v) is 4.74. The lowest BCUT2D eigenvalue weighted by Gasteiger charge is -2.09. The molecule has 1 aliphatic heterocycles. The number of hydrogen-bond donors (Lipinski definition) is 2. The Balaban J connectivity index is 1.83. The summed E-state index contributed by atoms with van der Waals surface area (Å²) in [6.07, 6.45) is 0.238. The van der Waals surface area contributed by atoms with Gasteiger partial charge >= 0.3 is 0 Å². The average Bonchev–Trinajstić information content (AvgIpc) is 2.87. The van der Waals surface area contributed by atoms with Gasteiger partial charge in [-0.25, -0.2) is 0 Å². The molecule has 1 aliphatic rings. The lowest BCUT2D eigenvalue weighted by atomic mass is 10.0. The van der Waals surface area contributed by atoms with Gasteiger partial charge < -0.3 is 15.4 Å². The molecule has 0 spiro atoms. The standard InChI is InChI=1S/C16H14N2O3/c1-21-11-7-5-10(6-8-11)17-16(20)12-3-2-4-14-13(12)9-15(19)18-14/h2-8H,9H2,1H3,(H,17,20)(H,18,19). The summed E-state index contributed by atoms with van der Waals surface area (Å²) >= 11 is 0. The van der Waals surface area contributed by atoms with Gasteiger partial charge in [-0.05, 0) is 42.0 Å². The molecule has 2 aromatic rings. The van der Waals surface area contributed by atoms with Crippen molar-refractivity contribution in [2.45, 2.75) is 6.42 Å². The zero-order chi connectivity index (χ0) is 14.8. The topological polar surface area (TPSA) is 67.4 Å². The Hall–Kier alpha value is -2.82. The molecule has 0 bridgehead atoms. The van der Waals surface area contributed by atoms with Crippen LogP contribution >= 0.6 is 0 Å². The van der Waals surface area contributed by atoms with Gasteiger partial charge in [0.15, 0.2) is 0 Å². The number of ether oxygens (including phenoxy) is 1. The minimum Gasteiger partial charge on any atom is -0.497 e.